The van der Waals surface area contributed by atoms with Gasteiger partial charge in [0.15, 0.2) is 5.69 Å². The van der Waals surface area contributed by atoms with Gasteiger partial charge in [0, 0.05) is 49.5 Å². The molecule has 0 atom stereocenters. The molecule has 8 heteroatoms. The second-order valence-corrected chi connectivity index (χ2v) is 9.45. The minimum absolute atomic E-state index is 0.00823. The van der Waals surface area contributed by atoms with Crippen LogP contribution >= 0.6 is 0 Å². The number of carboxylic acids is 1. The number of para-hydroxylation sites is 1. The van der Waals surface area contributed by atoms with Gasteiger partial charge in [-0.1, -0.05) is 24.6 Å². The van der Waals surface area contributed by atoms with Gasteiger partial charge in [-0.05, 0) is 43.9 Å². The van der Waals surface area contributed by atoms with Crippen molar-refractivity contribution in [2.24, 2.45) is 5.92 Å². The predicted octanol–water partition coefficient (Wildman–Crippen LogP) is 3.99. The second kappa shape index (κ2) is 10.1. The summed E-state index contributed by atoms with van der Waals surface area (Å²) in [6, 6.07) is 11.9. The van der Waals surface area contributed by atoms with E-state index in [9.17, 15) is 9.90 Å². The summed E-state index contributed by atoms with van der Waals surface area (Å²) in [6.07, 6.45) is 5.17. The highest BCUT2D eigenvalue weighted by molar-refractivity contribution is 6.10. The Hall–Kier alpha value is -2.97. The number of aromatic nitrogens is 1. The van der Waals surface area contributed by atoms with E-state index in [2.05, 4.69) is 20.1 Å². The summed E-state index contributed by atoms with van der Waals surface area (Å²) in [5.41, 5.74) is 2.98. The number of hydrogen-bond donors (Lipinski definition) is 3. The van der Waals surface area contributed by atoms with E-state index >= 15 is 0 Å². The molecule has 34 heavy (non-hydrogen) atoms. The lowest BCUT2D eigenvalue weighted by molar-refractivity contribution is 0.0115. The van der Waals surface area contributed by atoms with E-state index in [1.165, 1.54) is 0 Å². The van der Waals surface area contributed by atoms with Crippen molar-refractivity contribution in [1.82, 2.24) is 9.88 Å². The average Bonchev–Trinajstić information content (AvgIpc) is 2.83. The smallest absolute Gasteiger partial charge is 0.354 e. The van der Waals surface area contributed by atoms with Gasteiger partial charge in [0.2, 0.25) is 0 Å². The van der Waals surface area contributed by atoms with Gasteiger partial charge in [-0.2, -0.15) is 0 Å². The van der Waals surface area contributed by atoms with Crippen LogP contribution in [0.1, 0.15) is 48.2 Å². The second-order valence-electron chi connectivity index (χ2n) is 9.45. The number of hydrogen-bond acceptors (Lipinski definition) is 7. The molecular weight excluding hydrogens is 430 g/mol. The van der Waals surface area contributed by atoms with Crippen molar-refractivity contribution >= 4 is 28.9 Å². The number of carbonyl (C=O) groups is 1. The Balaban J connectivity index is 1.48. The highest BCUT2D eigenvalue weighted by atomic mass is 16.5. The number of anilines is 3. The summed E-state index contributed by atoms with van der Waals surface area (Å²) in [6.45, 7) is 5.22. The number of pyridine rings is 1. The maximum atomic E-state index is 12.0. The molecule has 1 aromatic carbocycles. The molecule has 3 fully saturated rings. The van der Waals surface area contributed by atoms with Crippen LogP contribution < -0.4 is 10.2 Å². The maximum Gasteiger partial charge on any atom is 0.354 e. The molecule has 2 saturated heterocycles. The monoisotopic (exact) mass is 463 g/mol. The van der Waals surface area contributed by atoms with E-state index in [0.717, 1.165) is 88.4 Å². The number of aromatic carboxylic acids is 1. The third-order valence-electron chi connectivity index (χ3n) is 7.40. The van der Waals surface area contributed by atoms with Crippen LogP contribution in [-0.2, 0) is 4.74 Å². The first-order chi connectivity index (χ1) is 16.6. The quantitative estimate of drug-likeness (QED) is 0.534. The number of nitrogens with zero attached hydrogens (tertiary/aromatic N) is 3. The van der Waals surface area contributed by atoms with Gasteiger partial charge >= 0.3 is 5.97 Å². The van der Waals surface area contributed by atoms with Gasteiger partial charge in [-0.3, -0.25) is 4.90 Å². The van der Waals surface area contributed by atoms with Crippen molar-refractivity contribution in [1.29, 1.82) is 5.41 Å². The lowest BCUT2D eigenvalue weighted by Crippen LogP contribution is -2.49. The summed E-state index contributed by atoms with van der Waals surface area (Å²) in [5, 5.41) is 22.2. The fraction of sp³-hybridized carbons (Fsp3) is 0.500. The maximum absolute atomic E-state index is 12.0. The van der Waals surface area contributed by atoms with E-state index in [4.69, 9.17) is 10.1 Å². The van der Waals surface area contributed by atoms with E-state index < -0.39 is 5.97 Å². The molecule has 2 aliphatic heterocycles. The first kappa shape index (κ1) is 22.8. The molecule has 3 aliphatic rings. The first-order valence-electron chi connectivity index (χ1n) is 12.4. The summed E-state index contributed by atoms with van der Waals surface area (Å²) in [7, 11) is 0. The molecule has 8 nitrogen and oxygen atoms in total. The molecule has 0 bridgehead atoms. The van der Waals surface area contributed by atoms with Crippen LogP contribution in [0.5, 0.6) is 0 Å². The topological polar surface area (TPSA) is 102 Å². The Morgan fingerprint density at radius 3 is 2.38 bits per heavy atom. The Labute approximate surface area is 200 Å². The number of nitrogens with one attached hydrogen (secondary N) is 2. The summed E-state index contributed by atoms with van der Waals surface area (Å²) in [4.78, 5) is 21.3. The summed E-state index contributed by atoms with van der Waals surface area (Å²) < 4.78 is 5.51. The normalized spacial score (nSPS) is 20.1. The first-order valence-corrected chi connectivity index (χ1v) is 12.4. The molecule has 0 radical (unpaired) electrons. The third kappa shape index (κ3) is 4.79. The van der Waals surface area contributed by atoms with Crippen molar-refractivity contribution in [3.63, 3.8) is 0 Å². The van der Waals surface area contributed by atoms with Crippen LogP contribution in [0.2, 0.25) is 0 Å². The van der Waals surface area contributed by atoms with Crippen molar-refractivity contribution in [3.05, 3.63) is 47.7 Å². The van der Waals surface area contributed by atoms with Crippen LogP contribution in [-0.4, -0.2) is 72.1 Å². The molecule has 1 saturated carbocycles. The average molecular weight is 464 g/mol. The Bertz CT molecular complexity index is 1030. The number of carboxylic acid groups (broad SMARTS) is 1. The highest BCUT2D eigenvalue weighted by Gasteiger charge is 2.32. The van der Waals surface area contributed by atoms with Crippen LogP contribution in [0.25, 0.3) is 0 Å². The van der Waals surface area contributed by atoms with Crippen molar-refractivity contribution in [2.75, 3.05) is 49.6 Å². The summed E-state index contributed by atoms with van der Waals surface area (Å²) >= 11 is 0. The van der Waals surface area contributed by atoms with Crippen LogP contribution in [0.15, 0.2) is 36.4 Å². The molecule has 1 aromatic heterocycles. The lowest BCUT2D eigenvalue weighted by Gasteiger charge is -2.41. The van der Waals surface area contributed by atoms with Gasteiger partial charge in [0.05, 0.1) is 24.5 Å². The van der Waals surface area contributed by atoms with Crippen molar-refractivity contribution in [3.8, 4) is 0 Å². The SMILES string of the molecule is N=C(c1c(N2CCC(N3CCOCC3)CC2)cc(C(=O)O)nc1Nc1ccccc1)C1CCC1. The number of rotatable bonds is 7. The van der Waals surface area contributed by atoms with E-state index in [-0.39, 0.29) is 11.6 Å². The fourth-order valence-electron chi connectivity index (χ4n) is 5.22. The van der Waals surface area contributed by atoms with E-state index in [0.29, 0.717) is 17.6 Å². The molecule has 5 rings (SSSR count). The van der Waals surface area contributed by atoms with Crippen LogP contribution in [0.3, 0.4) is 0 Å². The molecule has 0 unspecified atom stereocenters. The lowest BCUT2D eigenvalue weighted by atomic mass is 9.79. The minimum Gasteiger partial charge on any atom is -0.477 e. The molecule has 1 aliphatic carbocycles. The largest absolute Gasteiger partial charge is 0.477 e. The van der Waals surface area contributed by atoms with Crippen molar-refractivity contribution in [2.45, 2.75) is 38.1 Å². The number of piperidine rings is 1. The minimum atomic E-state index is -1.05. The zero-order valence-electron chi connectivity index (χ0n) is 19.5. The molecule has 3 heterocycles. The Morgan fingerprint density at radius 2 is 1.76 bits per heavy atom. The fourth-order valence-corrected chi connectivity index (χ4v) is 5.22. The number of morpholine rings is 1. The zero-order valence-corrected chi connectivity index (χ0v) is 19.5. The zero-order chi connectivity index (χ0) is 23.5. The van der Waals surface area contributed by atoms with Gasteiger partial charge in [-0.25, -0.2) is 9.78 Å². The predicted molar refractivity (Wildman–Crippen MR) is 133 cm³/mol. The molecule has 2 aromatic rings. The summed E-state index contributed by atoms with van der Waals surface area (Å²) in [5.74, 6) is -0.381. The molecule has 3 N–H and O–H groups in total. The van der Waals surface area contributed by atoms with Gasteiger partial charge < -0.3 is 25.5 Å². The van der Waals surface area contributed by atoms with Gasteiger partial charge in [-0.15, -0.1) is 0 Å². The van der Waals surface area contributed by atoms with Crippen LogP contribution in [0.4, 0.5) is 17.2 Å². The molecule has 180 valence electrons. The number of ether oxygens (including phenoxy) is 1. The van der Waals surface area contributed by atoms with E-state index in [1.807, 2.05) is 30.3 Å². The number of benzene rings is 1. The van der Waals surface area contributed by atoms with Gasteiger partial charge in [0.1, 0.15) is 5.82 Å². The molecule has 0 spiro atoms. The Morgan fingerprint density at radius 1 is 1.06 bits per heavy atom. The van der Waals surface area contributed by atoms with Crippen LogP contribution in [0, 0.1) is 11.3 Å². The van der Waals surface area contributed by atoms with E-state index in [1.54, 1.807) is 6.07 Å². The van der Waals surface area contributed by atoms with Crippen molar-refractivity contribution < 1.29 is 14.6 Å². The molecule has 0 amide bonds. The Kier molecular flexibility index (Phi) is 6.78. The molecular formula is C26H33N5O3. The standard InChI is InChI=1S/C26H33N5O3/c27-24(18-5-4-6-18)23-22(31-11-9-20(10-12-31)30-13-15-34-16-14-30)17-21(26(32)33)29-25(23)28-19-7-2-1-3-8-19/h1-3,7-8,17-18,20,27H,4-6,9-16H2,(H,28,29)(H,32,33). The van der Waals surface area contributed by atoms with Gasteiger partial charge in [0.25, 0.3) is 0 Å². The third-order valence-corrected chi connectivity index (χ3v) is 7.40. The highest BCUT2D eigenvalue weighted by Crippen LogP contribution is 2.38.